The lowest BCUT2D eigenvalue weighted by Crippen LogP contribution is -2.15. The van der Waals surface area contributed by atoms with Crippen LogP contribution in [0.3, 0.4) is 0 Å². The van der Waals surface area contributed by atoms with E-state index in [2.05, 4.69) is 74.2 Å². The molecule has 0 radical (unpaired) electrons. The van der Waals surface area contributed by atoms with Crippen molar-refractivity contribution in [2.45, 2.75) is 51.5 Å². The van der Waals surface area contributed by atoms with Crippen LogP contribution in [0.4, 0.5) is 0 Å². The maximum atomic E-state index is 5.66. The van der Waals surface area contributed by atoms with Gasteiger partial charge in [0, 0.05) is 26.0 Å². The average molecular weight is 511 g/mol. The maximum Gasteiger partial charge on any atom is 0.0932 e. The standard InChI is InChI=1S/C26H31BrN4.CH5N/c1-5-11-23(21-13-7-6-12-19(21)2)30-26-22(27)18-29-24(26)14-8-9-16-28-20(3)25-15-10-17-31(25)4;1-2/h1,6,10,12,15,17-18,24,28H,3,7-9,11,13-14,16H2,2,4H3;2H2,1H3. The second kappa shape index (κ2) is 13.8. The Bertz CT molecular complexity index is 1010. The zero-order valence-corrected chi connectivity index (χ0v) is 21.7. The number of hydrogen-bond acceptors (Lipinski definition) is 4. The minimum atomic E-state index is 0.0817. The van der Waals surface area contributed by atoms with E-state index in [1.165, 1.54) is 18.2 Å². The highest BCUT2D eigenvalue weighted by molar-refractivity contribution is 9.12. The molecule has 5 nitrogen and oxygen atoms in total. The Morgan fingerprint density at radius 1 is 1.42 bits per heavy atom. The van der Waals surface area contributed by atoms with Crippen molar-refractivity contribution in [3.05, 3.63) is 64.1 Å². The van der Waals surface area contributed by atoms with Gasteiger partial charge in [0.2, 0.25) is 0 Å². The highest BCUT2D eigenvalue weighted by Gasteiger charge is 2.22. The quantitative estimate of drug-likeness (QED) is 0.247. The van der Waals surface area contributed by atoms with Crippen LogP contribution in [-0.2, 0) is 7.05 Å². The Hall–Kier alpha value is -2.62. The van der Waals surface area contributed by atoms with Crippen molar-refractivity contribution < 1.29 is 0 Å². The molecule has 176 valence electrons. The molecule has 2 aliphatic rings. The first-order chi connectivity index (χ1) is 16.0. The number of nitrogens with zero attached hydrogens (tertiary/aromatic N) is 3. The van der Waals surface area contributed by atoms with E-state index in [0.29, 0.717) is 6.42 Å². The van der Waals surface area contributed by atoms with Crippen LogP contribution in [0.2, 0.25) is 0 Å². The normalized spacial score (nSPS) is 17.7. The third-order valence-corrected chi connectivity index (χ3v) is 6.31. The van der Waals surface area contributed by atoms with Crippen LogP contribution in [0.15, 0.2) is 68.4 Å². The summed E-state index contributed by atoms with van der Waals surface area (Å²) < 4.78 is 3.04. The minimum absolute atomic E-state index is 0.0817. The fourth-order valence-corrected chi connectivity index (χ4v) is 4.44. The predicted octanol–water partition coefficient (Wildman–Crippen LogP) is 5.52. The first-order valence-corrected chi connectivity index (χ1v) is 12.2. The van der Waals surface area contributed by atoms with Crippen LogP contribution in [-0.4, -0.2) is 36.1 Å². The molecule has 1 unspecified atom stereocenters. The molecule has 0 spiro atoms. The number of aliphatic imine (C=N–C) groups is 2. The lowest BCUT2D eigenvalue weighted by molar-refractivity contribution is 0.607. The minimum Gasteiger partial charge on any atom is -0.384 e. The molecule has 0 saturated heterocycles. The van der Waals surface area contributed by atoms with Crippen molar-refractivity contribution in [1.29, 1.82) is 0 Å². The van der Waals surface area contributed by atoms with Gasteiger partial charge >= 0.3 is 0 Å². The molecule has 1 aliphatic carbocycles. The van der Waals surface area contributed by atoms with Crippen LogP contribution in [0.25, 0.3) is 5.70 Å². The molecule has 0 fully saturated rings. The van der Waals surface area contributed by atoms with Crippen LogP contribution in [0.1, 0.15) is 51.1 Å². The molecule has 0 amide bonds. The summed E-state index contributed by atoms with van der Waals surface area (Å²) in [5, 5.41) is 3.43. The summed E-state index contributed by atoms with van der Waals surface area (Å²) in [4.78, 5) is 9.71. The van der Waals surface area contributed by atoms with E-state index in [0.717, 1.165) is 65.9 Å². The smallest absolute Gasteiger partial charge is 0.0932 e. The summed E-state index contributed by atoms with van der Waals surface area (Å²) in [5.41, 5.74) is 11.1. The molecule has 1 aromatic heterocycles. The van der Waals surface area contributed by atoms with Gasteiger partial charge in [0.15, 0.2) is 0 Å². The Labute approximate surface area is 207 Å². The third-order valence-electron chi connectivity index (χ3n) is 5.70. The lowest BCUT2D eigenvalue weighted by Gasteiger charge is -2.17. The summed E-state index contributed by atoms with van der Waals surface area (Å²) in [6.07, 6.45) is 19.6. The topological polar surface area (TPSA) is 67.7 Å². The number of terminal acetylenes is 1. The molecule has 1 aromatic rings. The van der Waals surface area contributed by atoms with Crippen molar-refractivity contribution in [3.8, 4) is 12.3 Å². The number of unbranched alkanes of at least 4 members (excludes halogenated alkanes) is 1. The van der Waals surface area contributed by atoms with E-state index in [1.807, 2.05) is 25.5 Å². The molecule has 6 heteroatoms. The van der Waals surface area contributed by atoms with Crippen molar-refractivity contribution in [1.82, 2.24) is 9.88 Å². The number of allylic oxidation sites excluding steroid dienone is 5. The second-order valence-corrected chi connectivity index (χ2v) is 8.83. The van der Waals surface area contributed by atoms with Gasteiger partial charge in [-0.2, -0.15) is 0 Å². The van der Waals surface area contributed by atoms with E-state index in [-0.39, 0.29) is 6.04 Å². The van der Waals surface area contributed by atoms with E-state index in [4.69, 9.17) is 11.4 Å². The van der Waals surface area contributed by atoms with Gasteiger partial charge in [-0.15, -0.1) is 12.3 Å². The van der Waals surface area contributed by atoms with Crippen molar-refractivity contribution in [2.75, 3.05) is 13.6 Å². The molecule has 2 heterocycles. The van der Waals surface area contributed by atoms with E-state index >= 15 is 0 Å². The highest BCUT2D eigenvalue weighted by atomic mass is 79.9. The molecule has 0 bridgehead atoms. The van der Waals surface area contributed by atoms with Gasteiger partial charge in [0.1, 0.15) is 0 Å². The van der Waals surface area contributed by atoms with Gasteiger partial charge in [-0.05, 0) is 85.3 Å². The Morgan fingerprint density at radius 3 is 2.88 bits per heavy atom. The second-order valence-electron chi connectivity index (χ2n) is 7.97. The van der Waals surface area contributed by atoms with Crippen molar-refractivity contribution in [2.24, 2.45) is 22.8 Å². The number of halogens is 1. The van der Waals surface area contributed by atoms with E-state index < -0.39 is 0 Å². The van der Waals surface area contributed by atoms with Gasteiger partial charge in [0.05, 0.1) is 39.7 Å². The fourth-order valence-electron chi connectivity index (χ4n) is 3.97. The first-order valence-electron chi connectivity index (χ1n) is 11.4. The lowest BCUT2D eigenvalue weighted by atomic mass is 9.93. The molecule has 1 atom stereocenters. The molecular weight excluding hydrogens is 474 g/mol. The van der Waals surface area contributed by atoms with Gasteiger partial charge in [-0.25, -0.2) is 0 Å². The first kappa shape index (κ1) is 26.6. The fraction of sp³-hybridized carbons (Fsp3) is 0.407. The molecule has 0 saturated carbocycles. The summed E-state index contributed by atoms with van der Waals surface area (Å²) >= 11 is 3.65. The van der Waals surface area contributed by atoms with Crippen LogP contribution in [0.5, 0.6) is 0 Å². The maximum absolute atomic E-state index is 5.66. The summed E-state index contributed by atoms with van der Waals surface area (Å²) in [7, 11) is 3.53. The molecule has 3 rings (SSSR count). The van der Waals surface area contributed by atoms with Gasteiger partial charge in [-0.1, -0.05) is 18.7 Å². The number of nitrogens with one attached hydrogen (secondary N) is 1. The van der Waals surface area contributed by atoms with Gasteiger partial charge in [-0.3, -0.25) is 9.98 Å². The number of aromatic nitrogens is 1. The molecule has 3 N–H and O–H groups in total. The van der Waals surface area contributed by atoms with Gasteiger partial charge in [0.25, 0.3) is 0 Å². The Kier molecular flexibility index (Phi) is 11.2. The highest BCUT2D eigenvalue weighted by Crippen LogP contribution is 2.30. The SMILES string of the molecule is C#CCC(=NC1=C(Br)C=NC1CCCCNC(=C)c1cccn1C)C1=C(C)C=CCC1.CN. The van der Waals surface area contributed by atoms with Crippen molar-refractivity contribution >= 4 is 33.6 Å². The average Bonchev–Trinajstić information content (AvgIpc) is 3.40. The Morgan fingerprint density at radius 2 is 2.21 bits per heavy atom. The Balaban J connectivity index is 0.00000187. The third kappa shape index (κ3) is 7.45. The molecular formula is C27H36BrN5. The van der Waals surface area contributed by atoms with Crippen LogP contribution in [0, 0.1) is 12.3 Å². The number of aryl methyl sites for hydroxylation is 1. The zero-order chi connectivity index (χ0) is 24.2. The van der Waals surface area contributed by atoms with Gasteiger partial charge < -0.3 is 15.6 Å². The van der Waals surface area contributed by atoms with Crippen LogP contribution < -0.4 is 11.1 Å². The zero-order valence-electron chi connectivity index (χ0n) is 20.1. The molecule has 33 heavy (non-hydrogen) atoms. The number of rotatable bonds is 10. The molecule has 1 aliphatic heterocycles. The van der Waals surface area contributed by atoms with Crippen molar-refractivity contribution in [3.63, 3.8) is 0 Å². The summed E-state index contributed by atoms with van der Waals surface area (Å²) in [5.74, 6) is 2.79. The van der Waals surface area contributed by atoms with Crippen LogP contribution >= 0.6 is 15.9 Å². The van der Waals surface area contributed by atoms with E-state index in [9.17, 15) is 0 Å². The predicted molar refractivity (Wildman–Crippen MR) is 147 cm³/mol. The monoisotopic (exact) mass is 509 g/mol. The summed E-state index contributed by atoms with van der Waals surface area (Å²) in [6.45, 7) is 7.18. The van der Waals surface area contributed by atoms with E-state index in [1.54, 1.807) is 0 Å². The number of nitrogens with two attached hydrogens (primary N) is 1. The number of hydrogen-bond donors (Lipinski definition) is 2. The summed E-state index contributed by atoms with van der Waals surface area (Å²) in [6, 6.07) is 4.18. The largest absolute Gasteiger partial charge is 0.384 e. The molecule has 0 aromatic carbocycles.